The summed E-state index contributed by atoms with van der Waals surface area (Å²) < 4.78 is 33.0. The van der Waals surface area contributed by atoms with Crippen molar-refractivity contribution in [1.82, 2.24) is 0 Å². The molecule has 0 spiro atoms. The number of hydrogen-bond acceptors (Lipinski definition) is 3. The Kier molecular flexibility index (Phi) is 6.32. The number of rotatable bonds is 8. The molecule has 96 valence electrons. The van der Waals surface area contributed by atoms with Crippen LogP contribution in [0.4, 0.5) is 14.5 Å². The van der Waals surface area contributed by atoms with Crippen molar-refractivity contribution in [2.45, 2.75) is 19.5 Å². The van der Waals surface area contributed by atoms with Crippen LogP contribution < -0.4 is 10.1 Å². The molecule has 0 aliphatic carbocycles. The van der Waals surface area contributed by atoms with Crippen LogP contribution in [0.5, 0.6) is 5.75 Å². The van der Waals surface area contributed by atoms with Crippen LogP contribution in [0.3, 0.4) is 0 Å². The van der Waals surface area contributed by atoms with Crippen molar-refractivity contribution in [3.8, 4) is 5.75 Å². The third-order valence-corrected chi connectivity index (χ3v) is 2.18. The molecule has 1 aromatic carbocycles. The minimum absolute atomic E-state index is 0.171. The topological polar surface area (TPSA) is 30.5 Å². The Hall–Kier alpha value is -1.36. The molecule has 0 amide bonds. The van der Waals surface area contributed by atoms with E-state index in [4.69, 9.17) is 4.74 Å². The summed E-state index contributed by atoms with van der Waals surface area (Å²) in [6, 6.07) is 6.47. The van der Waals surface area contributed by atoms with Gasteiger partial charge in [-0.2, -0.15) is 8.78 Å². The molecule has 0 radical (unpaired) electrons. The lowest BCUT2D eigenvalue weighted by Crippen LogP contribution is -2.04. The van der Waals surface area contributed by atoms with Crippen LogP contribution in [-0.2, 0) is 4.74 Å². The van der Waals surface area contributed by atoms with Crippen LogP contribution in [0.1, 0.15) is 12.8 Å². The monoisotopic (exact) mass is 245 g/mol. The number of halogens is 2. The summed E-state index contributed by atoms with van der Waals surface area (Å²) >= 11 is 0. The third kappa shape index (κ3) is 6.06. The van der Waals surface area contributed by atoms with Crippen LogP contribution in [-0.4, -0.2) is 26.9 Å². The van der Waals surface area contributed by atoms with E-state index in [0.717, 1.165) is 31.7 Å². The molecule has 1 N–H and O–H groups in total. The Morgan fingerprint density at radius 2 is 1.88 bits per heavy atom. The minimum Gasteiger partial charge on any atom is -0.435 e. The fourth-order valence-corrected chi connectivity index (χ4v) is 1.36. The third-order valence-electron chi connectivity index (χ3n) is 2.18. The molecule has 0 heterocycles. The Labute approximate surface area is 99.7 Å². The average molecular weight is 245 g/mol. The van der Waals surface area contributed by atoms with Crippen molar-refractivity contribution < 1.29 is 18.3 Å². The Balaban J connectivity index is 2.25. The van der Waals surface area contributed by atoms with Crippen molar-refractivity contribution in [2.24, 2.45) is 0 Å². The number of ether oxygens (including phenoxy) is 2. The number of alkyl halides is 2. The van der Waals surface area contributed by atoms with E-state index >= 15 is 0 Å². The summed E-state index contributed by atoms with van der Waals surface area (Å²) in [5.41, 5.74) is 0.893. The molecule has 0 aromatic heterocycles. The summed E-state index contributed by atoms with van der Waals surface area (Å²) in [7, 11) is 1.68. The molecule has 5 heteroatoms. The van der Waals surface area contributed by atoms with Crippen LogP contribution in [0, 0.1) is 0 Å². The van der Waals surface area contributed by atoms with Crippen LogP contribution in [0.25, 0.3) is 0 Å². The number of methoxy groups -OCH3 is 1. The van der Waals surface area contributed by atoms with Gasteiger partial charge in [0.15, 0.2) is 0 Å². The van der Waals surface area contributed by atoms with Gasteiger partial charge in [0.05, 0.1) is 0 Å². The fraction of sp³-hybridized carbons (Fsp3) is 0.500. The van der Waals surface area contributed by atoms with Gasteiger partial charge in [-0.1, -0.05) is 0 Å². The van der Waals surface area contributed by atoms with E-state index in [1.165, 1.54) is 12.1 Å². The van der Waals surface area contributed by atoms with Gasteiger partial charge in [-0.15, -0.1) is 0 Å². The van der Waals surface area contributed by atoms with Crippen molar-refractivity contribution in [2.75, 3.05) is 25.6 Å². The van der Waals surface area contributed by atoms with Gasteiger partial charge >= 0.3 is 6.61 Å². The SMILES string of the molecule is COCCCCNc1ccc(OC(F)F)cc1. The van der Waals surface area contributed by atoms with Gasteiger partial charge in [0.2, 0.25) is 0 Å². The molecule has 1 aromatic rings. The predicted molar refractivity (Wildman–Crippen MR) is 62.7 cm³/mol. The second-order valence-electron chi connectivity index (χ2n) is 3.53. The number of nitrogens with one attached hydrogen (secondary N) is 1. The van der Waals surface area contributed by atoms with Crippen LogP contribution in [0.15, 0.2) is 24.3 Å². The van der Waals surface area contributed by atoms with E-state index in [0.29, 0.717) is 0 Å². The molecule has 0 atom stereocenters. The fourth-order valence-electron chi connectivity index (χ4n) is 1.36. The molecular weight excluding hydrogens is 228 g/mol. The Bertz CT molecular complexity index is 304. The maximum absolute atomic E-state index is 11.9. The van der Waals surface area contributed by atoms with Crippen molar-refractivity contribution in [1.29, 1.82) is 0 Å². The summed E-state index contributed by atoms with van der Waals surface area (Å²) in [4.78, 5) is 0. The highest BCUT2D eigenvalue weighted by atomic mass is 19.3. The maximum Gasteiger partial charge on any atom is 0.387 e. The van der Waals surface area contributed by atoms with E-state index in [2.05, 4.69) is 10.1 Å². The number of benzene rings is 1. The maximum atomic E-state index is 11.9. The van der Waals surface area contributed by atoms with E-state index in [1.54, 1.807) is 19.2 Å². The van der Waals surface area contributed by atoms with Gasteiger partial charge in [-0.3, -0.25) is 0 Å². The molecule has 3 nitrogen and oxygen atoms in total. The van der Waals surface area contributed by atoms with Crippen molar-refractivity contribution in [3.05, 3.63) is 24.3 Å². The quantitative estimate of drug-likeness (QED) is 0.714. The zero-order valence-corrected chi connectivity index (χ0v) is 9.79. The first-order chi connectivity index (χ1) is 8.22. The molecular formula is C12H17F2NO2. The summed E-state index contributed by atoms with van der Waals surface area (Å²) in [6.07, 6.45) is 2.00. The smallest absolute Gasteiger partial charge is 0.387 e. The highest BCUT2D eigenvalue weighted by Gasteiger charge is 2.03. The number of unbranched alkanes of at least 4 members (excludes halogenated alkanes) is 1. The van der Waals surface area contributed by atoms with E-state index in [1.807, 2.05) is 0 Å². The Morgan fingerprint density at radius 3 is 2.47 bits per heavy atom. The average Bonchev–Trinajstić information content (AvgIpc) is 2.30. The van der Waals surface area contributed by atoms with Crippen molar-refractivity contribution >= 4 is 5.69 Å². The van der Waals surface area contributed by atoms with Gasteiger partial charge < -0.3 is 14.8 Å². The van der Waals surface area contributed by atoms with E-state index in [-0.39, 0.29) is 5.75 Å². The molecule has 0 saturated heterocycles. The number of hydrogen-bond donors (Lipinski definition) is 1. The summed E-state index contributed by atoms with van der Waals surface area (Å²) in [6.45, 7) is -1.19. The largest absolute Gasteiger partial charge is 0.435 e. The molecule has 17 heavy (non-hydrogen) atoms. The van der Waals surface area contributed by atoms with Crippen LogP contribution in [0.2, 0.25) is 0 Å². The molecule has 0 bridgehead atoms. The first-order valence-electron chi connectivity index (χ1n) is 5.50. The lowest BCUT2D eigenvalue weighted by atomic mass is 10.2. The van der Waals surface area contributed by atoms with Gasteiger partial charge in [0.25, 0.3) is 0 Å². The van der Waals surface area contributed by atoms with Crippen molar-refractivity contribution in [3.63, 3.8) is 0 Å². The Morgan fingerprint density at radius 1 is 1.18 bits per heavy atom. The first kappa shape index (κ1) is 13.7. The summed E-state index contributed by atoms with van der Waals surface area (Å²) in [5.74, 6) is 0.171. The summed E-state index contributed by atoms with van der Waals surface area (Å²) in [5, 5.41) is 3.19. The highest BCUT2D eigenvalue weighted by molar-refractivity contribution is 5.46. The van der Waals surface area contributed by atoms with Gasteiger partial charge in [0, 0.05) is 25.9 Å². The molecule has 0 aliphatic heterocycles. The zero-order valence-electron chi connectivity index (χ0n) is 9.79. The molecule has 0 aliphatic rings. The number of anilines is 1. The highest BCUT2D eigenvalue weighted by Crippen LogP contribution is 2.17. The first-order valence-corrected chi connectivity index (χ1v) is 5.50. The normalized spacial score (nSPS) is 10.6. The molecule has 1 rings (SSSR count). The zero-order chi connectivity index (χ0) is 12.5. The van der Waals surface area contributed by atoms with E-state index in [9.17, 15) is 8.78 Å². The second-order valence-corrected chi connectivity index (χ2v) is 3.53. The van der Waals surface area contributed by atoms with Gasteiger partial charge in [-0.25, -0.2) is 0 Å². The molecule has 0 unspecified atom stereocenters. The van der Waals surface area contributed by atoms with Gasteiger partial charge in [0.1, 0.15) is 5.75 Å². The lowest BCUT2D eigenvalue weighted by molar-refractivity contribution is -0.0498. The van der Waals surface area contributed by atoms with Gasteiger partial charge in [-0.05, 0) is 37.1 Å². The van der Waals surface area contributed by atoms with Crippen LogP contribution >= 0.6 is 0 Å². The second kappa shape index (κ2) is 7.84. The standard InChI is InChI=1S/C12H17F2NO2/c1-16-9-3-2-8-15-10-4-6-11(7-5-10)17-12(13)14/h4-7,12,15H,2-3,8-9H2,1H3. The predicted octanol–water partition coefficient (Wildman–Crippen LogP) is 3.13. The lowest BCUT2D eigenvalue weighted by Gasteiger charge is -2.08. The molecule has 0 fully saturated rings. The van der Waals surface area contributed by atoms with E-state index < -0.39 is 6.61 Å². The molecule has 0 saturated carbocycles. The minimum atomic E-state index is -2.78.